The quantitative estimate of drug-likeness (QED) is 0.840. The second-order valence-electron chi connectivity index (χ2n) is 6.16. The molecule has 0 radical (unpaired) electrons. The minimum atomic E-state index is -4.16. The second kappa shape index (κ2) is 6.25. The average Bonchev–Trinajstić information content (AvgIpc) is 3.17. The summed E-state index contributed by atoms with van der Waals surface area (Å²) in [4.78, 5) is -0.651. The van der Waals surface area contributed by atoms with Gasteiger partial charge in [-0.1, -0.05) is 19.0 Å². The molecule has 24 heavy (non-hydrogen) atoms. The molecule has 0 N–H and O–H groups in total. The summed E-state index contributed by atoms with van der Waals surface area (Å²) in [5.74, 6) is -0.983. The minimum Gasteiger partial charge on any atom is -0.361 e. The van der Waals surface area contributed by atoms with Crippen molar-refractivity contribution in [2.45, 2.75) is 43.5 Å². The van der Waals surface area contributed by atoms with E-state index in [9.17, 15) is 17.2 Å². The fourth-order valence-corrected chi connectivity index (χ4v) is 4.60. The fraction of sp³-hybridized carbons (Fsp3) is 0.438. The Balaban J connectivity index is 1.98. The van der Waals surface area contributed by atoms with Gasteiger partial charge in [-0.15, -0.1) is 0 Å². The molecule has 0 amide bonds. The predicted octanol–water partition coefficient (Wildman–Crippen LogP) is 3.60. The molecule has 3 rings (SSSR count). The van der Waals surface area contributed by atoms with Crippen molar-refractivity contribution in [2.24, 2.45) is 0 Å². The van der Waals surface area contributed by atoms with Crippen LogP contribution in [0.3, 0.4) is 0 Å². The second-order valence-corrected chi connectivity index (χ2v) is 8.02. The Morgan fingerprint density at radius 2 is 2.04 bits per heavy atom. The zero-order chi connectivity index (χ0) is 17.5. The van der Waals surface area contributed by atoms with E-state index in [2.05, 4.69) is 5.16 Å². The van der Waals surface area contributed by atoms with Crippen LogP contribution in [-0.4, -0.2) is 24.4 Å². The molecule has 2 heterocycles. The van der Waals surface area contributed by atoms with Crippen LogP contribution >= 0.6 is 0 Å². The summed E-state index contributed by atoms with van der Waals surface area (Å²) in [7, 11) is -4.16. The van der Waals surface area contributed by atoms with E-state index in [4.69, 9.17) is 4.52 Å². The molecule has 1 unspecified atom stereocenters. The number of benzene rings is 1. The highest BCUT2D eigenvalue weighted by atomic mass is 32.2. The van der Waals surface area contributed by atoms with Gasteiger partial charge in [-0.3, -0.25) is 0 Å². The molecule has 0 spiro atoms. The van der Waals surface area contributed by atoms with Gasteiger partial charge in [0.1, 0.15) is 28.0 Å². The number of aromatic nitrogens is 1. The smallest absolute Gasteiger partial charge is 0.246 e. The van der Waals surface area contributed by atoms with Gasteiger partial charge in [0.15, 0.2) is 0 Å². The largest absolute Gasteiger partial charge is 0.361 e. The van der Waals surface area contributed by atoms with Crippen LogP contribution < -0.4 is 0 Å². The maximum Gasteiger partial charge on any atom is 0.246 e. The normalized spacial score (nSPS) is 19.3. The Labute approximate surface area is 139 Å². The lowest BCUT2D eigenvalue weighted by molar-refractivity contribution is 0.337. The van der Waals surface area contributed by atoms with Gasteiger partial charge in [0.2, 0.25) is 10.0 Å². The summed E-state index contributed by atoms with van der Waals surface area (Å²) in [5.41, 5.74) is 0.497. The Hall–Kier alpha value is -1.80. The summed E-state index contributed by atoms with van der Waals surface area (Å²) in [6.45, 7) is 4.11. The van der Waals surface area contributed by atoms with E-state index in [0.29, 0.717) is 30.4 Å². The molecule has 1 aromatic heterocycles. The van der Waals surface area contributed by atoms with Crippen LogP contribution in [0.1, 0.15) is 50.1 Å². The third kappa shape index (κ3) is 2.95. The van der Waals surface area contributed by atoms with Gasteiger partial charge in [0.05, 0.1) is 6.04 Å². The first kappa shape index (κ1) is 17.0. The van der Waals surface area contributed by atoms with Crippen LogP contribution in [0.5, 0.6) is 0 Å². The van der Waals surface area contributed by atoms with Gasteiger partial charge in [-0.2, -0.15) is 4.31 Å². The standard InChI is InChI=1S/C16H18F2N2O3S/c1-10(2)15-9-13(19-23-15)14-4-3-7-20(14)24(21,22)16-8-11(17)5-6-12(16)18/h5-6,8-10,14H,3-4,7H2,1-2H3. The van der Waals surface area contributed by atoms with Crippen molar-refractivity contribution in [3.05, 3.63) is 47.4 Å². The van der Waals surface area contributed by atoms with Crippen molar-refractivity contribution < 1.29 is 21.7 Å². The molecule has 1 atom stereocenters. The van der Waals surface area contributed by atoms with Gasteiger partial charge >= 0.3 is 0 Å². The monoisotopic (exact) mass is 356 g/mol. The van der Waals surface area contributed by atoms with E-state index in [1.165, 1.54) is 4.31 Å². The lowest BCUT2D eigenvalue weighted by Gasteiger charge is -2.22. The lowest BCUT2D eigenvalue weighted by atomic mass is 10.1. The van der Waals surface area contributed by atoms with Gasteiger partial charge < -0.3 is 4.52 Å². The summed E-state index contributed by atoms with van der Waals surface area (Å²) in [6, 6.07) is 3.62. The van der Waals surface area contributed by atoms with E-state index >= 15 is 0 Å². The number of halogens is 2. The van der Waals surface area contributed by atoms with Crippen molar-refractivity contribution in [3.8, 4) is 0 Å². The molecule has 0 bridgehead atoms. The van der Waals surface area contributed by atoms with Crippen molar-refractivity contribution >= 4 is 10.0 Å². The molecule has 0 saturated carbocycles. The highest BCUT2D eigenvalue weighted by Gasteiger charge is 2.39. The molecular weight excluding hydrogens is 338 g/mol. The molecular formula is C16H18F2N2O3S. The maximum absolute atomic E-state index is 14.0. The van der Waals surface area contributed by atoms with Crippen LogP contribution in [0.15, 0.2) is 33.7 Å². The van der Waals surface area contributed by atoms with Crippen molar-refractivity contribution in [3.63, 3.8) is 0 Å². The Kier molecular flexibility index (Phi) is 4.44. The molecule has 1 fully saturated rings. The van der Waals surface area contributed by atoms with Gasteiger partial charge in [0, 0.05) is 18.5 Å². The van der Waals surface area contributed by atoms with Crippen molar-refractivity contribution in [1.29, 1.82) is 0 Å². The van der Waals surface area contributed by atoms with E-state index in [-0.39, 0.29) is 12.5 Å². The summed E-state index contributed by atoms with van der Waals surface area (Å²) in [5, 5.41) is 3.97. The van der Waals surface area contributed by atoms with Gasteiger partial charge in [-0.25, -0.2) is 17.2 Å². The van der Waals surface area contributed by atoms with Crippen LogP contribution in [0.2, 0.25) is 0 Å². The predicted molar refractivity (Wildman–Crippen MR) is 82.8 cm³/mol. The van der Waals surface area contributed by atoms with Crippen molar-refractivity contribution in [2.75, 3.05) is 6.54 Å². The highest BCUT2D eigenvalue weighted by Crippen LogP contribution is 2.37. The maximum atomic E-state index is 14.0. The molecule has 0 aliphatic carbocycles. The molecule has 8 heteroatoms. The third-order valence-corrected chi connectivity index (χ3v) is 6.06. The summed E-state index contributed by atoms with van der Waals surface area (Å²) in [6.07, 6.45) is 1.17. The number of hydrogen-bond acceptors (Lipinski definition) is 4. The number of nitrogens with zero attached hydrogens (tertiary/aromatic N) is 2. The molecule has 1 aliphatic rings. The molecule has 1 aromatic carbocycles. The summed E-state index contributed by atoms with van der Waals surface area (Å²) >= 11 is 0. The Bertz CT molecular complexity index is 849. The molecule has 130 valence electrons. The molecule has 1 saturated heterocycles. The SMILES string of the molecule is CC(C)c1cc(C2CCCN2S(=O)(=O)c2cc(F)ccc2F)no1. The third-order valence-electron chi connectivity index (χ3n) is 4.14. The first-order valence-corrected chi connectivity index (χ1v) is 9.18. The molecule has 1 aliphatic heterocycles. The average molecular weight is 356 g/mol. The minimum absolute atomic E-state index is 0.123. The van der Waals surface area contributed by atoms with Crippen LogP contribution in [0.4, 0.5) is 8.78 Å². The van der Waals surface area contributed by atoms with E-state index in [0.717, 1.165) is 12.1 Å². The van der Waals surface area contributed by atoms with Crippen LogP contribution in [0, 0.1) is 11.6 Å². The van der Waals surface area contributed by atoms with Crippen LogP contribution in [-0.2, 0) is 10.0 Å². The van der Waals surface area contributed by atoms with Gasteiger partial charge in [-0.05, 0) is 31.0 Å². The van der Waals surface area contributed by atoms with E-state index < -0.39 is 32.6 Å². The first-order valence-electron chi connectivity index (χ1n) is 7.74. The lowest BCUT2D eigenvalue weighted by Crippen LogP contribution is -2.31. The van der Waals surface area contributed by atoms with E-state index in [1.54, 1.807) is 6.07 Å². The molecule has 2 aromatic rings. The number of sulfonamides is 1. The van der Waals surface area contributed by atoms with Crippen LogP contribution in [0.25, 0.3) is 0 Å². The zero-order valence-corrected chi connectivity index (χ0v) is 14.2. The number of rotatable bonds is 4. The first-order chi connectivity index (χ1) is 11.3. The zero-order valence-electron chi connectivity index (χ0n) is 13.4. The van der Waals surface area contributed by atoms with E-state index in [1.807, 2.05) is 13.8 Å². The topological polar surface area (TPSA) is 63.4 Å². The van der Waals surface area contributed by atoms with Crippen molar-refractivity contribution in [1.82, 2.24) is 9.46 Å². The molecule has 5 nitrogen and oxygen atoms in total. The number of hydrogen-bond donors (Lipinski definition) is 0. The fourth-order valence-electron chi connectivity index (χ4n) is 2.86. The Morgan fingerprint density at radius 1 is 1.29 bits per heavy atom. The Morgan fingerprint density at radius 3 is 2.71 bits per heavy atom. The summed E-state index contributed by atoms with van der Waals surface area (Å²) < 4.78 is 59.4. The van der Waals surface area contributed by atoms with Gasteiger partial charge in [0.25, 0.3) is 0 Å². The highest BCUT2D eigenvalue weighted by molar-refractivity contribution is 7.89.